The van der Waals surface area contributed by atoms with E-state index in [4.69, 9.17) is 4.74 Å². The molecule has 0 saturated heterocycles. The summed E-state index contributed by atoms with van der Waals surface area (Å²) in [5.74, 6) is 0.317. The lowest BCUT2D eigenvalue weighted by Crippen LogP contribution is -2.18. The fourth-order valence-electron chi connectivity index (χ4n) is 2.39. The molecule has 0 aromatic carbocycles. The molecule has 1 N–H and O–H groups in total. The highest BCUT2D eigenvalue weighted by molar-refractivity contribution is 7.84. The lowest BCUT2D eigenvalue weighted by Gasteiger charge is -2.12. The van der Waals surface area contributed by atoms with Gasteiger partial charge in [-0.3, -0.25) is 9.00 Å². The smallest absolute Gasteiger partial charge is 0.315 e. The quantitative estimate of drug-likeness (QED) is 0.777. The molecule has 0 bridgehead atoms. The summed E-state index contributed by atoms with van der Waals surface area (Å²) in [6.07, 6.45) is 4.26. The van der Waals surface area contributed by atoms with E-state index in [1.54, 1.807) is 17.6 Å². The van der Waals surface area contributed by atoms with Gasteiger partial charge in [-0.25, -0.2) is 4.98 Å². The van der Waals surface area contributed by atoms with E-state index in [2.05, 4.69) is 17.2 Å². The number of nitrogens with one attached hydrogen (secondary N) is 1. The molecular formula is C14H22N2O3S2. The molecule has 1 aromatic rings. The minimum absolute atomic E-state index is 0.164. The number of carbonyl (C=O) groups is 1. The molecule has 0 amide bonds. The van der Waals surface area contributed by atoms with E-state index in [1.165, 1.54) is 4.88 Å². The Morgan fingerprint density at radius 2 is 2.38 bits per heavy atom. The molecule has 1 aliphatic rings. The number of thiazole rings is 1. The zero-order chi connectivity index (χ0) is 15.4. The van der Waals surface area contributed by atoms with Crippen LogP contribution in [0.1, 0.15) is 43.2 Å². The summed E-state index contributed by atoms with van der Waals surface area (Å²) in [4.78, 5) is 17.7. The molecule has 2 rings (SSSR count). The molecule has 3 unspecified atom stereocenters. The van der Waals surface area contributed by atoms with Gasteiger partial charge >= 0.3 is 5.97 Å². The SMILES string of the molecule is CCOC(=O)C1CCc2sc(NC(C)CCS(C)=O)nc21. The number of esters is 1. The number of aryl methyl sites for hydroxylation is 1. The Morgan fingerprint density at radius 3 is 3.05 bits per heavy atom. The van der Waals surface area contributed by atoms with Crippen LogP contribution in [0, 0.1) is 0 Å². The van der Waals surface area contributed by atoms with Crippen molar-refractivity contribution in [1.82, 2.24) is 4.98 Å². The van der Waals surface area contributed by atoms with Crippen molar-refractivity contribution in [3.63, 3.8) is 0 Å². The topological polar surface area (TPSA) is 68.3 Å². The molecule has 3 atom stereocenters. The average molecular weight is 330 g/mol. The number of fused-ring (bicyclic) bond motifs is 1. The van der Waals surface area contributed by atoms with Crippen molar-refractivity contribution in [2.75, 3.05) is 23.9 Å². The fraction of sp³-hybridized carbons (Fsp3) is 0.714. The first-order valence-electron chi connectivity index (χ1n) is 7.24. The Hall–Kier alpha value is -0.950. The van der Waals surface area contributed by atoms with Gasteiger partial charge in [0.1, 0.15) is 5.92 Å². The second-order valence-electron chi connectivity index (χ2n) is 5.28. The lowest BCUT2D eigenvalue weighted by atomic mass is 10.1. The van der Waals surface area contributed by atoms with E-state index in [0.717, 1.165) is 30.1 Å². The van der Waals surface area contributed by atoms with E-state index >= 15 is 0 Å². The maximum atomic E-state index is 11.9. The van der Waals surface area contributed by atoms with Gasteiger partial charge < -0.3 is 10.1 Å². The summed E-state index contributed by atoms with van der Waals surface area (Å²) in [5.41, 5.74) is 0.882. The minimum Gasteiger partial charge on any atom is -0.465 e. The van der Waals surface area contributed by atoms with E-state index in [1.807, 2.05) is 6.92 Å². The summed E-state index contributed by atoms with van der Waals surface area (Å²) < 4.78 is 16.2. The lowest BCUT2D eigenvalue weighted by molar-refractivity contribution is -0.145. The van der Waals surface area contributed by atoms with Crippen LogP contribution in [0.5, 0.6) is 0 Å². The van der Waals surface area contributed by atoms with Gasteiger partial charge in [0.05, 0.1) is 12.3 Å². The number of aromatic nitrogens is 1. The normalized spacial score (nSPS) is 19.9. The summed E-state index contributed by atoms with van der Waals surface area (Å²) >= 11 is 1.62. The molecule has 0 spiro atoms. The summed E-state index contributed by atoms with van der Waals surface area (Å²) in [5, 5.41) is 4.19. The van der Waals surface area contributed by atoms with Crippen LogP contribution in [0.25, 0.3) is 0 Å². The van der Waals surface area contributed by atoms with Gasteiger partial charge in [0.25, 0.3) is 0 Å². The van der Waals surface area contributed by atoms with E-state index in [-0.39, 0.29) is 17.9 Å². The van der Waals surface area contributed by atoms with Crippen LogP contribution in [0.4, 0.5) is 5.13 Å². The van der Waals surface area contributed by atoms with Crippen LogP contribution in [0.2, 0.25) is 0 Å². The van der Waals surface area contributed by atoms with Gasteiger partial charge in [0.2, 0.25) is 0 Å². The summed E-state index contributed by atoms with van der Waals surface area (Å²) in [6.45, 7) is 4.29. The number of hydrogen-bond donors (Lipinski definition) is 1. The first kappa shape index (κ1) is 16.4. The molecule has 0 aliphatic heterocycles. The van der Waals surface area contributed by atoms with Crippen LogP contribution in [0.3, 0.4) is 0 Å². The van der Waals surface area contributed by atoms with Crippen molar-refractivity contribution in [3.8, 4) is 0 Å². The van der Waals surface area contributed by atoms with Gasteiger partial charge in [-0.15, -0.1) is 11.3 Å². The maximum Gasteiger partial charge on any atom is 0.315 e. The molecule has 5 nitrogen and oxygen atoms in total. The largest absolute Gasteiger partial charge is 0.465 e. The summed E-state index contributed by atoms with van der Waals surface area (Å²) in [7, 11) is -0.766. The zero-order valence-electron chi connectivity index (χ0n) is 12.7. The molecule has 0 saturated carbocycles. The molecule has 1 heterocycles. The van der Waals surface area contributed by atoms with E-state index in [9.17, 15) is 9.00 Å². The standard InChI is InChI=1S/C14H22N2O3S2/c1-4-19-13(17)10-5-6-11-12(10)16-14(20-11)15-9(2)7-8-21(3)18/h9-10H,4-8H2,1-3H3,(H,15,16). The highest BCUT2D eigenvalue weighted by Crippen LogP contribution is 2.39. The second kappa shape index (κ2) is 7.35. The Morgan fingerprint density at radius 1 is 1.62 bits per heavy atom. The van der Waals surface area contributed by atoms with Crippen molar-refractivity contribution in [2.24, 2.45) is 0 Å². The number of rotatable bonds is 7. The van der Waals surface area contributed by atoms with E-state index in [0.29, 0.717) is 12.4 Å². The number of anilines is 1. The zero-order valence-corrected chi connectivity index (χ0v) is 14.3. The van der Waals surface area contributed by atoms with Crippen LogP contribution in [-0.4, -0.2) is 39.8 Å². The van der Waals surface area contributed by atoms with Crippen molar-refractivity contribution in [2.45, 2.75) is 45.1 Å². The van der Waals surface area contributed by atoms with Gasteiger partial charge in [0.15, 0.2) is 5.13 Å². The van der Waals surface area contributed by atoms with Gasteiger partial charge in [-0.1, -0.05) is 0 Å². The Kier molecular flexibility index (Phi) is 5.75. The van der Waals surface area contributed by atoms with Crippen LogP contribution in [0.15, 0.2) is 0 Å². The maximum absolute atomic E-state index is 11.9. The van der Waals surface area contributed by atoms with Gasteiger partial charge in [-0.2, -0.15) is 0 Å². The molecule has 0 fully saturated rings. The van der Waals surface area contributed by atoms with Crippen LogP contribution >= 0.6 is 11.3 Å². The number of hydrogen-bond acceptors (Lipinski definition) is 6. The van der Waals surface area contributed by atoms with Crippen LogP contribution < -0.4 is 5.32 Å². The second-order valence-corrected chi connectivity index (χ2v) is 7.92. The molecule has 1 aliphatic carbocycles. The molecule has 0 radical (unpaired) electrons. The van der Waals surface area contributed by atoms with Crippen molar-refractivity contribution < 1.29 is 13.7 Å². The first-order chi connectivity index (χ1) is 10.0. The van der Waals surface area contributed by atoms with Crippen molar-refractivity contribution >= 4 is 33.2 Å². The highest BCUT2D eigenvalue weighted by Gasteiger charge is 2.33. The molecule has 7 heteroatoms. The number of nitrogens with zero attached hydrogens (tertiary/aromatic N) is 1. The predicted octanol–water partition coefficient (Wildman–Crippen LogP) is 2.31. The third-order valence-corrected chi connectivity index (χ3v) is 5.37. The average Bonchev–Trinajstić information content (AvgIpc) is 2.96. The predicted molar refractivity (Wildman–Crippen MR) is 86.4 cm³/mol. The third-order valence-electron chi connectivity index (χ3n) is 3.50. The molecule has 21 heavy (non-hydrogen) atoms. The molecule has 118 valence electrons. The molecule has 1 aromatic heterocycles. The van der Waals surface area contributed by atoms with Gasteiger partial charge in [-0.05, 0) is 33.1 Å². The Balaban J connectivity index is 1.98. The Labute approximate surface area is 131 Å². The van der Waals surface area contributed by atoms with E-state index < -0.39 is 10.8 Å². The van der Waals surface area contributed by atoms with Crippen LogP contribution in [-0.2, 0) is 26.8 Å². The number of carbonyl (C=O) groups excluding carboxylic acids is 1. The minimum atomic E-state index is -0.766. The van der Waals surface area contributed by atoms with Crippen molar-refractivity contribution in [1.29, 1.82) is 0 Å². The number of ether oxygens (including phenoxy) is 1. The third kappa shape index (κ3) is 4.26. The highest BCUT2D eigenvalue weighted by atomic mass is 32.2. The summed E-state index contributed by atoms with van der Waals surface area (Å²) in [6, 6.07) is 0.223. The monoisotopic (exact) mass is 330 g/mol. The fourth-order valence-corrected chi connectivity index (χ4v) is 4.22. The molecular weight excluding hydrogens is 308 g/mol. The Bertz CT molecular complexity index is 530. The first-order valence-corrected chi connectivity index (χ1v) is 9.78. The van der Waals surface area contributed by atoms with Gasteiger partial charge in [0, 0.05) is 33.7 Å². The van der Waals surface area contributed by atoms with Crippen molar-refractivity contribution in [3.05, 3.63) is 10.6 Å².